The van der Waals surface area contributed by atoms with Gasteiger partial charge in [-0.15, -0.1) is 11.3 Å². The molecule has 1 aliphatic heterocycles. The number of thiazole rings is 1. The van der Waals surface area contributed by atoms with Crippen LogP contribution in [-0.4, -0.2) is 11.5 Å². The fourth-order valence-electron chi connectivity index (χ4n) is 2.66. The van der Waals surface area contributed by atoms with Crippen LogP contribution in [0.1, 0.15) is 49.0 Å². The summed E-state index contributed by atoms with van der Waals surface area (Å²) in [7, 11) is 0. The van der Waals surface area contributed by atoms with Crippen molar-refractivity contribution in [2.45, 2.75) is 38.1 Å². The van der Waals surface area contributed by atoms with Crippen molar-refractivity contribution in [3.05, 3.63) is 51.7 Å². The normalized spacial score (nSPS) is 19.4. The summed E-state index contributed by atoms with van der Waals surface area (Å²) < 4.78 is 13.1. The summed E-state index contributed by atoms with van der Waals surface area (Å²) in [6.45, 7) is 5.37. The SMILES string of the molecule is CC(C)(c1ccc(F)cc1)c1nc(C2CCCN2)cs1. The van der Waals surface area contributed by atoms with Crippen LogP contribution < -0.4 is 5.32 Å². The minimum Gasteiger partial charge on any atom is -0.309 e. The molecule has 0 bridgehead atoms. The zero-order chi connectivity index (χ0) is 14.2. The molecule has 2 aromatic rings. The van der Waals surface area contributed by atoms with Gasteiger partial charge in [0.25, 0.3) is 0 Å². The van der Waals surface area contributed by atoms with Gasteiger partial charge in [-0.1, -0.05) is 12.1 Å². The molecule has 20 heavy (non-hydrogen) atoms. The van der Waals surface area contributed by atoms with Crippen molar-refractivity contribution in [3.8, 4) is 0 Å². The Bertz CT molecular complexity index is 583. The molecule has 1 aromatic carbocycles. The maximum absolute atomic E-state index is 13.1. The summed E-state index contributed by atoms with van der Waals surface area (Å²) in [5.74, 6) is -0.195. The molecule has 0 amide bonds. The molecule has 1 aliphatic rings. The maximum atomic E-state index is 13.1. The molecule has 3 rings (SSSR count). The van der Waals surface area contributed by atoms with Crippen LogP contribution in [0, 0.1) is 5.82 Å². The van der Waals surface area contributed by atoms with Crippen LogP contribution in [0.4, 0.5) is 4.39 Å². The highest BCUT2D eigenvalue weighted by Gasteiger charge is 2.28. The number of aromatic nitrogens is 1. The number of halogens is 1. The number of rotatable bonds is 3. The van der Waals surface area contributed by atoms with E-state index in [1.165, 1.54) is 25.0 Å². The number of nitrogens with zero attached hydrogens (tertiary/aromatic N) is 1. The predicted octanol–water partition coefficient (Wildman–Crippen LogP) is 4.03. The molecular formula is C16H19FN2S. The van der Waals surface area contributed by atoms with Gasteiger partial charge in [0.2, 0.25) is 0 Å². The highest BCUT2D eigenvalue weighted by atomic mass is 32.1. The molecule has 4 heteroatoms. The zero-order valence-corrected chi connectivity index (χ0v) is 12.6. The number of hydrogen-bond acceptors (Lipinski definition) is 3. The topological polar surface area (TPSA) is 24.9 Å². The van der Waals surface area contributed by atoms with Gasteiger partial charge in [0.05, 0.1) is 11.7 Å². The first-order valence-corrected chi connectivity index (χ1v) is 7.90. The van der Waals surface area contributed by atoms with E-state index in [1.807, 2.05) is 12.1 Å². The average molecular weight is 290 g/mol. The highest BCUT2D eigenvalue weighted by Crippen LogP contribution is 2.35. The van der Waals surface area contributed by atoms with Gasteiger partial charge in [0, 0.05) is 10.8 Å². The summed E-state index contributed by atoms with van der Waals surface area (Å²) >= 11 is 1.70. The van der Waals surface area contributed by atoms with E-state index in [0.717, 1.165) is 22.8 Å². The molecule has 106 valence electrons. The fourth-order valence-corrected chi connectivity index (χ4v) is 3.68. The lowest BCUT2D eigenvalue weighted by atomic mass is 9.85. The Hall–Kier alpha value is -1.26. The van der Waals surface area contributed by atoms with Crippen LogP contribution in [0.15, 0.2) is 29.6 Å². The Kier molecular flexibility index (Phi) is 3.61. The minimum absolute atomic E-state index is 0.185. The Morgan fingerprint density at radius 3 is 2.70 bits per heavy atom. The first kappa shape index (κ1) is 13.7. The van der Waals surface area contributed by atoms with Gasteiger partial charge in [-0.05, 0) is 50.9 Å². The predicted molar refractivity (Wildman–Crippen MR) is 80.6 cm³/mol. The van der Waals surface area contributed by atoms with Crippen LogP contribution >= 0.6 is 11.3 Å². The van der Waals surface area contributed by atoms with Crippen LogP contribution in [0.5, 0.6) is 0 Å². The maximum Gasteiger partial charge on any atom is 0.123 e. The first-order valence-electron chi connectivity index (χ1n) is 7.03. The Morgan fingerprint density at radius 2 is 2.05 bits per heavy atom. The zero-order valence-electron chi connectivity index (χ0n) is 11.8. The quantitative estimate of drug-likeness (QED) is 0.923. The molecule has 2 nitrogen and oxygen atoms in total. The molecule has 1 saturated heterocycles. The molecule has 1 atom stereocenters. The van der Waals surface area contributed by atoms with Gasteiger partial charge in [0.1, 0.15) is 10.8 Å². The number of hydrogen-bond donors (Lipinski definition) is 1. The Labute approximate surface area is 123 Å². The summed E-state index contributed by atoms with van der Waals surface area (Å²) in [6, 6.07) is 7.15. The van der Waals surface area contributed by atoms with E-state index >= 15 is 0 Å². The fraction of sp³-hybridized carbons (Fsp3) is 0.438. The van der Waals surface area contributed by atoms with Gasteiger partial charge in [-0.25, -0.2) is 9.37 Å². The van der Waals surface area contributed by atoms with E-state index in [2.05, 4.69) is 24.5 Å². The molecule has 0 spiro atoms. The van der Waals surface area contributed by atoms with Crippen molar-refractivity contribution < 1.29 is 4.39 Å². The van der Waals surface area contributed by atoms with Crippen molar-refractivity contribution >= 4 is 11.3 Å². The van der Waals surface area contributed by atoms with Crippen molar-refractivity contribution in [1.82, 2.24) is 10.3 Å². The molecule has 0 aliphatic carbocycles. The number of benzene rings is 1. The lowest BCUT2D eigenvalue weighted by Gasteiger charge is -2.22. The second kappa shape index (κ2) is 5.26. The molecule has 1 fully saturated rings. The van der Waals surface area contributed by atoms with E-state index in [4.69, 9.17) is 4.98 Å². The third-order valence-electron chi connectivity index (χ3n) is 4.04. The van der Waals surface area contributed by atoms with Crippen molar-refractivity contribution in [1.29, 1.82) is 0 Å². The van der Waals surface area contributed by atoms with E-state index in [-0.39, 0.29) is 11.2 Å². The van der Waals surface area contributed by atoms with Crippen molar-refractivity contribution in [3.63, 3.8) is 0 Å². The van der Waals surface area contributed by atoms with Crippen LogP contribution in [0.2, 0.25) is 0 Å². The number of nitrogens with one attached hydrogen (secondary N) is 1. The molecular weight excluding hydrogens is 271 g/mol. The second-order valence-corrected chi connectivity index (χ2v) is 6.72. The third kappa shape index (κ3) is 2.50. The molecule has 0 saturated carbocycles. The van der Waals surface area contributed by atoms with E-state index in [1.54, 1.807) is 11.3 Å². The summed E-state index contributed by atoms with van der Waals surface area (Å²) in [5, 5.41) is 6.73. The molecule has 1 unspecified atom stereocenters. The second-order valence-electron chi connectivity index (χ2n) is 5.86. The van der Waals surface area contributed by atoms with Gasteiger partial charge in [-0.2, -0.15) is 0 Å². The molecule has 0 radical (unpaired) electrons. The van der Waals surface area contributed by atoms with Gasteiger partial charge in [-0.3, -0.25) is 0 Å². The monoisotopic (exact) mass is 290 g/mol. The average Bonchev–Trinajstić information content (AvgIpc) is 3.10. The molecule has 1 aromatic heterocycles. The van der Waals surface area contributed by atoms with Crippen LogP contribution in [-0.2, 0) is 5.41 Å². The van der Waals surface area contributed by atoms with Crippen molar-refractivity contribution in [2.24, 2.45) is 0 Å². The van der Waals surface area contributed by atoms with E-state index < -0.39 is 0 Å². The lowest BCUT2D eigenvalue weighted by molar-refractivity contribution is 0.596. The first-order chi connectivity index (χ1) is 9.57. The van der Waals surface area contributed by atoms with Crippen LogP contribution in [0.3, 0.4) is 0 Å². The lowest BCUT2D eigenvalue weighted by Crippen LogP contribution is -2.19. The Balaban J connectivity index is 1.88. The summed E-state index contributed by atoms with van der Waals surface area (Å²) in [5.41, 5.74) is 2.06. The van der Waals surface area contributed by atoms with E-state index in [9.17, 15) is 4.39 Å². The molecule has 1 N–H and O–H groups in total. The largest absolute Gasteiger partial charge is 0.309 e. The summed E-state index contributed by atoms with van der Waals surface area (Å²) in [4.78, 5) is 4.83. The van der Waals surface area contributed by atoms with Gasteiger partial charge < -0.3 is 5.32 Å². The smallest absolute Gasteiger partial charge is 0.123 e. The molecule has 2 heterocycles. The summed E-state index contributed by atoms with van der Waals surface area (Å²) in [6.07, 6.45) is 2.39. The van der Waals surface area contributed by atoms with Gasteiger partial charge in [0.15, 0.2) is 0 Å². The third-order valence-corrected chi connectivity index (χ3v) is 5.22. The Morgan fingerprint density at radius 1 is 1.30 bits per heavy atom. The minimum atomic E-state index is -0.195. The van der Waals surface area contributed by atoms with Gasteiger partial charge >= 0.3 is 0 Å². The van der Waals surface area contributed by atoms with Crippen LogP contribution in [0.25, 0.3) is 0 Å². The highest BCUT2D eigenvalue weighted by molar-refractivity contribution is 7.09. The standard InChI is InChI=1S/C16H19FN2S/c1-16(2,11-5-7-12(17)8-6-11)15-19-14(10-20-15)13-4-3-9-18-13/h5-8,10,13,18H,3-4,9H2,1-2H3. The van der Waals surface area contributed by atoms with E-state index in [0.29, 0.717) is 6.04 Å². The van der Waals surface area contributed by atoms with Crippen molar-refractivity contribution in [2.75, 3.05) is 6.54 Å².